The zero-order valence-corrected chi connectivity index (χ0v) is 9.66. The molecule has 1 N–H and O–H groups in total. The smallest absolute Gasteiger partial charge is 0.182 e. The van der Waals surface area contributed by atoms with Crippen molar-refractivity contribution in [2.75, 3.05) is 0 Å². The van der Waals surface area contributed by atoms with Gasteiger partial charge >= 0.3 is 0 Å². The van der Waals surface area contributed by atoms with E-state index in [-0.39, 0.29) is 11.3 Å². The van der Waals surface area contributed by atoms with E-state index in [1.807, 2.05) is 0 Å². The molecule has 0 radical (unpaired) electrons. The molecule has 5 heteroatoms. The molecule has 84 valence electrons. The molecule has 2 nitrogen and oxygen atoms in total. The van der Waals surface area contributed by atoms with Gasteiger partial charge in [0.25, 0.3) is 0 Å². The molecule has 0 fully saturated rings. The van der Waals surface area contributed by atoms with Crippen LogP contribution >= 0.6 is 12.2 Å². The summed E-state index contributed by atoms with van der Waals surface area (Å²) in [6.45, 7) is 3.29. The van der Waals surface area contributed by atoms with Crippen molar-refractivity contribution in [3.05, 3.63) is 46.0 Å². The Hall–Kier alpha value is -1.49. The maximum atomic E-state index is 13.7. The van der Waals surface area contributed by atoms with Gasteiger partial charge < -0.3 is 4.98 Å². The average Bonchev–Trinajstić information content (AvgIpc) is 2.53. The van der Waals surface area contributed by atoms with Gasteiger partial charge in [-0.05, 0) is 37.7 Å². The summed E-state index contributed by atoms with van der Waals surface area (Å²) in [6, 6.07) is 2.32. The van der Waals surface area contributed by atoms with Crippen LogP contribution in [0.15, 0.2) is 18.3 Å². The molecule has 0 amide bonds. The van der Waals surface area contributed by atoms with Gasteiger partial charge in [-0.15, -0.1) is 0 Å². The fourth-order valence-electron chi connectivity index (χ4n) is 1.56. The predicted octanol–water partition coefficient (Wildman–Crippen LogP) is 3.43. The second-order valence-electron chi connectivity index (χ2n) is 3.62. The fraction of sp³-hybridized carbons (Fsp3) is 0.182. The lowest BCUT2D eigenvalue weighted by atomic mass is 10.2. The molecule has 0 saturated heterocycles. The largest absolute Gasteiger partial charge is 0.337 e. The molecule has 2 aromatic rings. The van der Waals surface area contributed by atoms with Crippen LogP contribution in [0.4, 0.5) is 8.78 Å². The molecule has 0 bridgehead atoms. The van der Waals surface area contributed by atoms with Gasteiger partial charge in [-0.25, -0.2) is 8.78 Å². The molecule has 0 aliphatic rings. The number of nitrogens with zero attached hydrogens (tertiary/aromatic N) is 1. The third kappa shape index (κ3) is 1.67. The lowest BCUT2D eigenvalue weighted by Crippen LogP contribution is -2.02. The molecule has 16 heavy (non-hydrogen) atoms. The quantitative estimate of drug-likeness (QED) is 0.757. The highest BCUT2D eigenvalue weighted by Crippen LogP contribution is 2.20. The topological polar surface area (TPSA) is 20.7 Å². The highest BCUT2D eigenvalue weighted by atomic mass is 32.1. The molecule has 0 atom stereocenters. The van der Waals surface area contributed by atoms with Crippen molar-refractivity contribution >= 4 is 12.2 Å². The Labute approximate surface area is 96.5 Å². The molecule has 1 aromatic carbocycles. The van der Waals surface area contributed by atoms with Crippen LogP contribution in [0.3, 0.4) is 0 Å². The molecule has 1 heterocycles. The zero-order chi connectivity index (χ0) is 11.9. The van der Waals surface area contributed by atoms with Gasteiger partial charge in [-0.1, -0.05) is 0 Å². The molecule has 1 aromatic heterocycles. The number of imidazole rings is 1. The van der Waals surface area contributed by atoms with Crippen LogP contribution in [0.2, 0.25) is 0 Å². The first kappa shape index (κ1) is 11.0. The molecular formula is C11H10F2N2S. The van der Waals surface area contributed by atoms with Gasteiger partial charge in [0.1, 0.15) is 11.6 Å². The van der Waals surface area contributed by atoms with Gasteiger partial charge in [0.2, 0.25) is 0 Å². The van der Waals surface area contributed by atoms with E-state index in [0.717, 1.165) is 11.8 Å². The van der Waals surface area contributed by atoms with Crippen LogP contribution in [-0.2, 0) is 0 Å². The first-order chi connectivity index (χ1) is 7.50. The van der Waals surface area contributed by atoms with Crippen LogP contribution in [0.25, 0.3) is 5.69 Å². The molecule has 0 aliphatic carbocycles. The van der Waals surface area contributed by atoms with Crippen LogP contribution in [-0.4, -0.2) is 9.55 Å². The number of nitrogens with one attached hydrogen (secondary N) is 1. The van der Waals surface area contributed by atoms with Crippen LogP contribution in [0, 0.1) is 30.3 Å². The number of aryl methyl sites for hydroxylation is 2. The second kappa shape index (κ2) is 3.83. The number of benzene rings is 1. The predicted molar refractivity (Wildman–Crippen MR) is 60.3 cm³/mol. The summed E-state index contributed by atoms with van der Waals surface area (Å²) in [5.41, 5.74) is 1.14. The summed E-state index contributed by atoms with van der Waals surface area (Å²) in [6.07, 6.45) is 1.65. The van der Waals surface area contributed by atoms with Crippen LogP contribution in [0.5, 0.6) is 0 Å². The number of hydrogen-bond acceptors (Lipinski definition) is 1. The van der Waals surface area contributed by atoms with E-state index in [1.165, 1.54) is 17.6 Å². The van der Waals surface area contributed by atoms with Gasteiger partial charge in [0.15, 0.2) is 4.77 Å². The lowest BCUT2D eigenvalue weighted by Gasteiger charge is -2.08. The molecule has 0 aliphatic heterocycles. The SMILES string of the molecule is Cc1cc(F)c(-n2c(C)c[nH]c2=S)cc1F. The Balaban J connectivity index is 2.74. The second-order valence-corrected chi connectivity index (χ2v) is 4.01. The molecule has 0 spiro atoms. The minimum Gasteiger partial charge on any atom is -0.337 e. The number of aromatic amines is 1. The number of hydrogen-bond donors (Lipinski definition) is 1. The molecule has 2 rings (SSSR count). The highest BCUT2D eigenvalue weighted by molar-refractivity contribution is 7.71. The molecule has 0 saturated carbocycles. The van der Waals surface area contributed by atoms with E-state index in [2.05, 4.69) is 4.98 Å². The van der Waals surface area contributed by atoms with E-state index in [4.69, 9.17) is 12.2 Å². The summed E-state index contributed by atoms with van der Waals surface area (Å²) >= 11 is 5.01. The fourth-order valence-corrected chi connectivity index (χ4v) is 1.86. The van der Waals surface area contributed by atoms with Gasteiger partial charge in [0, 0.05) is 18.0 Å². The third-order valence-electron chi connectivity index (χ3n) is 2.43. The number of halogens is 2. The van der Waals surface area contributed by atoms with E-state index in [1.54, 1.807) is 13.1 Å². The van der Waals surface area contributed by atoms with Crippen molar-refractivity contribution in [3.8, 4) is 5.69 Å². The van der Waals surface area contributed by atoms with Crippen molar-refractivity contribution in [3.63, 3.8) is 0 Å². The van der Waals surface area contributed by atoms with E-state index < -0.39 is 11.6 Å². The zero-order valence-electron chi connectivity index (χ0n) is 8.84. The maximum absolute atomic E-state index is 13.7. The van der Waals surface area contributed by atoms with Crippen molar-refractivity contribution in [2.24, 2.45) is 0 Å². The minimum absolute atomic E-state index is 0.131. The summed E-state index contributed by atoms with van der Waals surface area (Å²) in [5.74, 6) is -0.934. The van der Waals surface area contributed by atoms with Crippen molar-refractivity contribution in [1.29, 1.82) is 0 Å². The van der Waals surface area contributed by atoms with Crippen molar-refractivity contribution < 1.29 is 8.78 Å². The Morgan fingerprint density at radius 1 is 1.19 bits per heavy atom. The van der Waals surface area contributed by atoms with Crippen molar-refractivity contribution in [1.82, 2.24) is 9.55 Å². The van der Waals surface area contributed by atoms with Crippen LogP contribution < -0.4 is 0 Å². The normalized spacial score (nSPS) is 10.8. The summed E-state index contributed by atoms with van der Waals surface area (Å²) in [7, 11) is 0. The summed E-state index contributed by atoms with van der Waals surface area (Å²) in [5, 5.41) is 0. The summed E-state index contributed by atoms with van der Waals surface area (Å²) < 4.78 is 28.9. The Kier molecular flexibility index (Phi) is 2.63. The average molecular weight is 240 g/mol. The van der Waals surface area contributed by atoms with Gasteiger partial charge in [0.05, 0.1) is 5.69 Å². The minimum atomic E-state index is -0.488. The van der Waals surface area contributed by atoms with Gasteiger partial charge in [-0.2, -0.15) is 0 Å². The molecule has 0 unspecified atom stereocenters. The first-order valence-electron chi connectivity index (χ1n) is 4.73. The van der Waals surface area contributed by atoms with E-state index >= 15 is 0 Å². The van der Waals surface area contributed by atoms with Crippen LogP contribution in [0.1, 0.15) is 11.3 Å². The third-order valence-corrected chi connectivity index (χ3v) is 2.73. The molecular weight excluding hydrogens is 230 g/mol. The number of rotatable bonds is 1. The lowest BCUT2D eigenvalue weighted by molar-refractivity contribution is 0.584. The maximum Gasteiger partial charge on any atom is 0.182 e. The number of aromatic nitrogens is 2. The summed E-state index contributed by atoms with van der Waals surface area (Å²) in [4.78, 5) is 2.79. The Morgan fingerprint density at radius 2 is 1.88 bits per heavy atom. The Morgan fingerprint density at radius 3 is 2.44 bits per heavy atom. The first-order valence-corrected chi connectivity index (χ1v) is 5.14. The number of H-pyrrole nitrogens is 1. The van der Waals surface area contributed by atoms with Crippen molar-refractivity contribution in [2.45, 2.75) is 13.8 Å². The van der Waals surface area contributed by atoms with Gasteiger partial charge in [-0.3, -0.25) is 4.57 Å². The monoisotopic (exact) mass is 240 g/mol. The highest BCUT2D eigenvalue weighted by Gasteiger charge is 2.11. The van der Waals surface area contributed by atoms with E-state index in [9.17, 15) is 8.78 Å². The van der Waals surface area contributed by atoms with E-state index in [0.29, 0.717) is 4.77 Å². The standard InChI is InChI=1S/C11H10F2N2S/c1-6-3-9(13)10(4-8(6)12)15-7(2)5-14-11(15)16/h3-5H,1-2H3,(H,14,16). The Bertz CT molecular complexity index is 599.